The topological polar surface area (TPSA) is 42.7 Å². The molecule has 1 aliphatic rings. The molecule has 17 heavy (non-hydrogen) atoms. The zero-order chi connectivity index (χ0) is 11.8. The van der Waals surface area contributed by atoms with Crippen LogP contribution in [0.4, 0.5) is 10.3 Å². The molecular formula is C12H13FN4. The molecule has 2 heterocycles. The Balaban J connectivity index is 2.02. The summed E-state index contributed by atoms with van der Waals surface area (Å²) in [6.45, 7) is 2.73. The standard InChI is InChI=1S/C12H13FN4/c1-8-15-12-14-7-6-11(17(12)16-8)9-2-4-10(13)5-3-9/h2-5,11H,6-7H2,1H3,(H,14,15,16). The Labute approximate surface area is 98.5 Å². The van der Waals surface area contributed by atoms with E-state index in [0.29, 0.717) is 0 Å². The molecule has 0 aliphatic carbocycles. The minimum absolute atomic E-state index is 0.146. The maximum atomic E-state index is 12.9. The van der Waals surface area contributed by atoms with Crippen LogP contribution in [0.5, 0.6) is 0 Å². The number of aryl methyl sites for hydroxylation is 1. The summed E-state index contributed by atoms with van der Waals surface area (Å²) in [6.07, 6.45) is 0.932. The predicted octanol–water partition coefficient (Wildman–Crippen LogP) is 2.13. The van der Waals surface area contributed by atoms with Gasteiger partial charge in [0.05, 0.1) is 6.04 Å². The summed E-state index contributed by atoms with van der Waals surface area (Å²) < 4.78 is 14.8. The molecule has 3 rings (SSSR count). The molecule has 0 saturated heterocycles. The fourth-order valence-electron chi connectivity index (χ4n) is 2.20. The van der Waals surface area contributed by atoms with E-state index in [0.717, 1.165) is 30.3 Å². The molecule has 1 aromatic heterocycles. The largest absolute Gasteiger partial charge is 0.354 e. The van der Waals surface area contributed by atoms with Gasteiger partial charge >= 0.3 is 0 Å². The fraction of sp³-hybridized carbons (Fsp3) is 0.333. The van der Waals surface area contributed by atoms with Gasteiger partial charge in [-0.15, -0.1) is 0 Å². The predicted molar refractivity (Wildman–Crippen MR) is 62.4 cm³/mol. The normalized spacial score (nSPS) is 18.6. The van der Waals surface area contributed by atoms with E-state index in [1.165, 1.54) is 12.1 Å². The van der Waals surface area contributed by atoms with Crippen LogP contribution in [0.3, 0.4) is 0 Å². The van der Waals surface area contributed by atoms with E-state index in [9.17, 15) is 4.39 Å². The summed E-state index contributed by atoms with van der Waals surface area (Å²) in [4.78, 5) is 4.31. The van der Waals surface area contributed by atoms with Gasteiger partial charge < -0.3 is 5.32 Å². The average molecular weight is 232 g/mol. The first kappa shape index (κ1) is 10.3. The molecule has 1 aliphatic heterocycles. The molecule has 0 fully saturated rings. The molecule has 5 heteroatoms. The van der Waals surface area contributed by atoms with Gasteiger partial charge in [-0.1, -0.05) is 12.1 Å². The highest BCUT2D eigenvalue weighted by molar-refractivity contribution is 5.32. The molecule has 1 unspecified atom stereocenters. The molecule has 2 aromatic rings. The lowest BCUT2D eigenvalue weighted by molar-refractivity contribution is 0.477. The minimum atomic E-state index is -0.210. The highest BCUT2D eigenvalue weighted by Crippen LogP contribution is 2.28. The summed E-state index contributed by atoms with van der Waals surface area (Å²) >= 11 is 0. The summed E-state index contributed by atoms with van der Waals surface area (Å²) in [7, 11) is 0. The van der Waals surface area contributed by atoms with Gasteiger partial charge in [-0.25, -0.2) is 9.07 Å². The van der Waals surface area contributed by atoms with Crippen molar-refractivity contribution in [1.82, 2.24) is 14.8 Å². The van der Waals surface area contributed by atoms with Crippen LogP contribution >= 0.6 is 0 Å². The van der Waals surface area contributed by atoms with E-state index in [-0.39, 0.29) is 11.9 Å². The lowest BCUT2D eigenvalue weighted by atomic mass is 10.0. The van der Waals surface area contributed by atoms with Gasteiger partial charge in [0.2, 0.25) is 5.95 Å². The highest BCUT2D eigenvalue weighted by atomic mass is 19.1. The highest BCUT2D eigenvalue weighted by Gasteiger charge is 2.23. The molecule has 0 bridgehead atoms. The third-order valence-corrected chi connectivity index (χ3v) is 2.99. The maximum Gasteiger partial charge on any atom is 0.221 e. The van der Waals surface area contributed by atoms with Crippen LogP contribution in [0.2, 0.25) is 0 Å². The zero-order valence-electron chi connectivity index (χ0n) is 9.52. The van der Waals surface area contributed by atoms with Crippen molar-refractivity contribution in [3.05, 3.63) is 41.5 Å². The second kappa shape index (κ2) is 3.84. The number of benzene rings is 1. The van der Waals surface area contributed by atoms with E-state index < -0.39 is 0 Å². The van der Waals surface area contributed by atoms with Crippen molar-refractivity contribution < 1.29 is 4.39 Å². The summed E-state index contributed by atoms with van der Waals surface area (Å²) in [5, 5.41) is 7.59. The molecule has 0 amide bonds. The molecule has 0 saturated carbocycles. The third kappa shape index (κ3) is 1.77. The molecular weight excluding hydrogens is 219 g/mol. The number of hydrogen-bond donors (Lipinski definition) is 1. The Morgan fingerprint density at radius 1 is 1.35 bits per heavy atom. The number of anilines is 1. The lowest BCUT2D eigenvalue weighted by Crippen LogP contribution is -2.24. The Bertz CT molecular complexity index is 532. The third-order valence-electron chi connectivity index (χ3n) is 2.99. The van der Waals surface area contributed by atoms with Crippen LogP contribution in [-0.2, 0) is 0 Å². The number of rotatable bonds is 1. The first-order chi connectivity index (χ1) is 8.24. The quantitative estimate of drug-likeness (QED) is 0.819. The monoisotopic (exact) mass is 232 g/mol. The number of fused-ring (bicyclic) bond motifs is 1. The van der Waals surface area contributed by atoms with E-state index in [2.05, 4.69) is 15.4 Å². The van der Waals surface area contributed by atoms with Crippen LogP contribution < -0.4 is 5.32 Å². The summed E-state index contributed by atoms with van der Waals surface area (Å²) in [6, 6.07) is 6.74. The number of nitrogens with zero attached hydrogens (tertiary/aromatic N) is 3. The average Bonchev–Trinajstić information content (AvgIpc) is 2.70. The molecule has 0 spiro atoms. The van der Waals surface area contributed by atoms with E-state index in [1.54, 1.807) is 0 Å². The van der Waals surface area contributed by atoms with Crippen molar-refractivity contribution in [3.8, 4) is 0 Å². The fourth-order valence-corrected chi connectivity index (χ4v) is 2.20. The van der Waals surface area contributed by atoms with Gasteiger partial charge in [0.25, 0.3) is 0 Å². The second-order valence-corrected chi connectivity index (χ2v) is 4.21. The number of aromatic nitrogens is 3. The van der Waals surface area contributed by atoms with Crippen LogP contribution in [0.15, 0.2) is 24.3 Å². The van der Waals surface area contributed by atoms with Crippen LogP contribution in [-0.4, -0.2) is 21.3 Å². The van der Waals surface area contributed by atoms with Crippen molar-refractivity contribution in [2.24, 2.45) is 0 Å². The molecule has 88 valence electrons. The minimum Gasteiger partial charge on any atom is -0.354 e. The molecule has 4 nitrogen and oxygen atoms in total. The SMILES string of the molecule is Cc1nc2n(n1)C(c1ccc(F)cc1)CCN2. The van der Waals surface area contributed by atoms with Crippen LogP contribution in [0, 0.1) is 12.7 Å². The van der Waals surface area contributed by atoms with Gasteiger partial charge in [-0.2, -0.15) is 10.1 Å². The first-order valence-corrected chi connectivity index (χ1v) is 5.66. The van der Waals surface area contributed by atoms with Crippen LogP contribution in [0.1, 0.15) is 23.9 Å². The first-order valence-electron chi connectivity index (χ1n) is 5.66. The Morgan fingerprint density at radius 3 is 2.88 bits per heavy atom. The van der Waals surface area contributed by atoms with Crippen molar-refractivity contribution in [3.63, 3.8) is 0 Å². The number of nitrogens with one attached hydrogen (secondary N) is 1. The van der Waals surface area contributed by atoms with E-state index in [1.807, 2.05) is 23.7 Å². The second-order valence-electron chi connectivity index (χ2n) is 4.21. The Morgan fingerprint density at radius 2 is 2.12 bits per heavy atom. The van der Waals surface area contributed by atoms with Crippen molar-refractivity contribution in [2.75, 3.05) is 11.9 Å². The van der Waals surface area contributed by atoms with Crippen LogP contribution in [0.25, 0.3) is 0 Å². The van der Waals surface area contributed by atoms with Gasteiger partial charge in [-0.05, 0) is 31.0 Å². The summed E-state index contributed by atoms with van der Waals surface area (Å²) in [5.41, 5.74) is 1.07. The van der Waals surface area contributed by atoms with Gasteiger partial charge in [-0.3, -0.25) is 0 Å². The molecule has 0 radical (unpaired) electrons. The van der Waals surface area contributed by atoms with Gasteiger partial charge in [0.1, 0.15) is 11.6 Å². The summed E-state index contributed by atoms with van der Waals surface area (Å²) in [5.74, 6) is 1.34. The van der Waals surface area contributed by atoms with Gasteiger partial charge in [0, 0.05) is 6.54 Å². The van der Waals surface area contributed by atoms with E-state index >= 15 is 0 Å². The molecule has 1 aromatic carbocycles. The van der Waals surface area contributed by atoms with Crippen molar-refractivity contribution >= 4 is 5.95 Å². The maximum absolute atomic E-state index is 12.9. The lowest BCUT2D eigenvalue weighted by Gasteiger charge is -2.24. The Hall–Kier alpha value is -1.91. The van der Waals surface area contributed by atoms with Crippen molar-refractivity contribution in [2.45, 2.75) is 19.4 Å². The smallest absolute Gasteiger partial charge is 0.221 e. The van der Waals surface area contributed by atoms with E-state index in [4.69, 9.17) is 0 Å². The Kier molecular flexibility index (Phi) is 2.31. The zero-order valence-corrected chi connectivity index (χ0v) is 9.52. The van der Waals surface area contributed by atoms with Crippen molar-refractivity contribution in [1.29, 1.82) is 0 Å². The van der Waals surface area contributed by atoms with Gasteiger partial charge in [0.15, 0.2) is 0 Å². The molecule has 1 N–H and O–H groups in total. The number of hydrogen-bond acceptors (Lipinski definition) is 3. The molecule has 1 atom stereocenters. The number of halogens is 1.